The van der Waals surface area contributed by atoms with Crippen LogP contribution in [0.5, 0.6) is 5.75 Å². The molecule has 0 aliphatic carbocycles. The lowest BCUT2D eigenvalue weighted by atomic mass is 9.95. The summed E-state index contributed by atoms with van der Waals surface area (Å²) in [6, 6.07) is 3.40. The van der Waals surface area contributed by atoms with Crippen LogP contribution in [0.25, 0.3) is 10.9 Å². The second kappa shape index (κ2) is 5.24. The van der Waals surface area contributed by atoms with Gasteiger partial charge in [0.2, 0.25) is 5.91 Å². The molecule has 2 aromatic rings. The molecule has 2 N–H and O–H groups in total. The average molecular weight is 338 g/mol. The van der Waals surface area contributed by atoms with Gasteiger partial charge in [0.15, 0.2) is 0 Å². The molecule has 1 aromatic heterocycles. The summed E-state index contributed by atoms with van der Waals surface area (Å²) in [5.74, 6) is -0.181. The van der Waals surface area contributed by atoms with Gasteiger partial charge in [-0.15, -0.1) is 0 Å². The number of anilines is 1. The van der Waals surface area contributed by atoms with Crippen LogP contribution in [-0.4, -0.2) is 43.3 Å². The van der Waals surface area contributed by atoms with Crippen molar-refractivity contribution in [2.24, 2.45) is 0 Å². The molecule has 7 nitrogen and oxygen atoms in total. The Morgan fingerprint density at radius 2 is 2.13 bits per heavy atom. The first kappa shape index (κ1) is 15.8. The number of phenols is 1. The third kappa shape index (κ3) is 2.91. The molecular weight excluding hydrogens is 320 g/mol. The highest BCUT2D eigenvalue weighted by molar-refractivity contribution is 7.86. The molecule has 1 aliphatic heterocycles. The number of benzene rings is 1. The number of nitrogens with zero attached hydrogens (tertiary/aromatic N) is 1. The lowest BCUT2D eigenvalue weighted by Gasteiger charge is -2.33. The van der Waals surface area contributed by atoms with Crippen LogP contribution in [0, 0.1) is 6.92 Å². The standard InChI is InChI=1S/C15H18N2O5S/c1-8-4-12-11-5-10(22-23(3,20)21)7-17(9(2)18)13(11)6-14(19)15(12)16-8/h4,6,10,16,19H,5,7H2,1-3H3/t10-/m0/s1. The summed E-state index contributed by atoms with van der Waals surface area (Å²) in [5.41, 5.74) is 2.82. The fourth-order valence-corrected chi connectivity index (χ4v) is 3.74. The number of hydrogen-bond acceptors (Lipinski definition) is 5. The van der Waals surface area contributed by atoms with E-state index in [0.29, 0.717) is 17.6 Å². The number of amides is 1. The molecule has 0 saturated carbocycles. The molecule has 0 unspecified atom stereocenters. The van der Waals surface area contributed by atoms with E-state index in [2.05, 4.69) is 4.98 Å². The maximum Gasteiger partial charge on any atom is 0.264 e. The van der Waals surface area contributed by atoms with E-state index in [1.807, 2.05) is 13.0 Å². The number of rotatable bonds is 2. The summed E-state index contributed by atoms with van der Waals surface area (Å²) >= 11 is 0. The maximum atomic E-state index is 12.0. The maximum absolute atomic E-state index is 12.0. The van der Waals surface area contributed by atoms with E-state index in [1.54, 1.807) is 0 Å². The number of H-pyrrole nitrogens is 1. The summed E-state index contributed by atoms with van der Waals surface area (Å²) in [6.07, 6.45) is 0.692. The van der Waals surface area contributed by atoms with E-state index in [-0.39, 0.29) is 18.2 Å². The van der Waals surface area contributed by atoms with Gasteiger partial charge in [0.1, 0.15) is 5.75 Å². The van der Waals surface area contributed by atoms with E-state index >= 15 is 0 Å². The van der Waals surface area contributed by atoms with Crippen molar-refractivity contribution in [1.82, 2.24) is 4.98 Å². The van der Waals surface area contributed by atoms with Crippen LogP contribution in [0.3, 0.4) is 0 Å². The number of aromatic amines is 1. The number of phenolic OH excluding ortho intramolecular Hbond substituents is 1. The third-order valence-electron chi connectivity index (χ3n) is 3.92. The van der Waals surface area contributed by atoms with E-state index in [9.17, 15) is 18.3 Å². The number of carbonyl (C=O) groups excluding carboxylic acids is 1. The van der Waals surface area contributed by atoms with Crippen molar-refractivity contribution < 1.29 is 22.5 Å². The molecule has 1 atom stereocenters. The molecule has 2 heterocycles. The van der Waals surface area contributed by atoms with E-state index in [4.69, 9.17) is 4.18 Å². The van der Waals surface area contributed by atoms with Crippen molar-refractivity contribution in [2.45, 2.75) is 26.4 Å². The molecule has 1 aromatic carbocycles. The van der Waals surface area contributed by atoms with E-state index < -0.39 is 16.2 Å². The van der Waals surface area contributed by atoms with Crippen molar-refractivity contribution in [3.8, 4) is 5.75 Å². The van der Waals surface area contributed by atoms with Gasteiger partial charge in [-0.2, -0.15) is 8.42 Å². The largest absolute Gasteiger partial charge is 0.506 e. The fraction of sp³-hybridized carbons (Fsp3) is 0.400. The summed E-state index contributed by atoms with van der Waals surface area (Å²) < 4.78 is 28.0. The van der Waals surface area contributed by atoms with Gasteiger partial charge in [-0.1, -0.05) is 0 Å². The molecule has 8 heteroatoms. The smallest absolute Gasteiger partial charge is 0.264 e. The van der Waals surface area contributed by atoms with Crippen LogP contribution in [0.1, 0.15) is 18.2 Å². The Kier molecular flexibility index (Phi) is 3.61. The Hall–Kier alpha value is -2.06. The Bertz CT molecular complexity index is 900. The molecule has 3 rings (SSSR count). The molecule has 1 aliphatic rings. The molecule has 0 saturated heterocycles. The second-order valence-electron chi connectivity index (χ2n) is 5.89. The van der Waals surface area contributed by atoms with Gasteiger partial charge in [0.05, 0.1) is 30.1 Å². The topological polar surface area (TPSA) is 99.7 Å². The van der Waals surface area contributed by atoms with Crippen LogP contribution in [0.15, 0.2) is 12.1 Å². The van der Waals surface area contributed by atoms with Crippen molar-refractivity contribution >= 4 is 32.6 Å². The van der Waals surface area contributed by atoms with Gasteiger partial charge in [-0.3, -0.25) is 8.98 Å². The Labute approximate surface area is 134 Å². The summed E-state index contributed by atoms with van der Waals surface area (Å²) in [7, 11) is -3.63. The van der Waals surface area contributed by atoms with Crippen LogP contribution in [0.4, 0.5) is 5.69 Å². The number of aromatic nitrogens is 1. The summed E-state index contributed by atoms with van der Waals surface area (Å²) in [5, 5.41) is 11.0. The Morgan fingerprint density at radius 3 is 2.74 bits per heavy atom. The van der Waals surface area contributed by atoms with Gasteiger partial charge in [-0.25, -0.2) is 0 Å². The highest BCUT2D eigenvalue weighted by Gasteiger charge is 2.32. The SMILES string of the molecule is CC(=O)N1C[C@@H](OS(C)(=O)=O)Cc2c1cc(O)c1[nH]c(C)cc21. The van der Waals surface area contributed by atoms with Crippen molar-refractivity contribution in [2.75, 3.05) is 17.7 Å². The predicted octanol–water partition coefficient (Wildman–Crippen LogP) is 1.44. The number of fused-ring (bicyclic) bond motifs is 3. The molecule has 23 heavy (non-hydrogen) atoms. The van der Waals surface area contributed by atoms with Gasteiger partial charge < -0.3 is 15.0 Å². The quantitative estimate of drug-likeness (QED) is 0.807. The summed E-state index contributed by atoms with van der Waals surface area (Å²) in [4.78, 5) is 16.5. The monoisotopic (exact) mass is 338 g/mol. The Morgan fingerprint density at radius 1 is 1.43 bits per heavy atom. The molecule has 1 amide bonds. The molecule has 0 fully saturated rings. The minimum Gasteiger partial charge on any atom is -0.506 e. The van der Waals surface area contributed by atoms with Crippen LogP contribution in [-0.2, 0) is 25.5 Å². The number of aromatic hydroxyl groups is 1. The average Bonchev–Trinajstić information content (AvgIpc) is 2.79. The molecular formula is C15H18N2O5S. The lowest BCUT2D eigenvalue weighted by Crippen LogP contribution is -2.43. The van der Waals surface area contributed by atoms with Crippen LogP contribution < -0.4 is 4.90 Å². The van der Waals surface area contributed by atoms with Crippen LogP contribution >= 0.6 is 0 Å². The van der Waals surface area contributed by atoms with Crippen molar-refractivity contribution in [3.05, 3.63) is 23.4 Å². The highest BCUT2D eigenvalue weighted by atomic mass is 32.2. The zero-order valence-electron chi connectivity index (χ0n) is 13.1. The minimum absolute atomic E-state index is 0.0561. The Balaban J connectivity index is 2.18. The number of aryl methyl sites for hydroxylation is 1. The molecule has 0 radical (unpaired) electrons. The van der Waals surface area contributed by atoms with E-state index in [0.717, 1.165) is 22.9 Å². The number of nitrogens with one attached hydrogen (secondary N) is 1. The van der Waals surface area contributed by atoms with Gasteiger partial charge in [0.25, 0.3) is 10.1 Å². The fourth-order valence-electron chi connectivity index (χ4n) is 3.12. The number of carbonyl (C=O) groups is 1. The van der Waals surface area contributed by atoms with Crippen molar-refractivity contribution in [1.29, 1.82) is 0 Å². The zero-order chi connectivity index (χ0) is 16.9. The molecule has 0 spiro atoms. The van der Waals surface area contributed by atoms with E-state index in [1.165, 1.54) is 17.9 Å². The lowest BCUT2D eigenvalue weighted by molar-refractivity contribution is -0.116. The highest BCUT2D eigenvalue weighted by Crippen LogP contribution is 2.39. The summed E-state index contributed by atoms with van der Waals surface area (Å²) in [6.45, 7) is 3.39. The van der Waals surface area contributed by atoms with Crippen LogP contribution in [0.2, 0.25) is 0 Å². The predicted molar refractivity (Wildman–Crippen MR) is 86.1 cm³/mol. The second-order valence-corrected chi connectivity index (χ2v) is 7.49. The van der Waals surface area contributed by atoms with Gasteiger partial charge in [0, 0.05) is 30.5 Å². The third-order valence-corrected chi connectivity index (χ3v) is 4.54. The first-order chi connectivity index (χ1) is 10.7. The first-order valence-corrected chi connectivity index (χ1v) is 8.98. The molecule has 124 valence electrons. The van der Waals surface area contributed by atoms with Gasteiger partial charge in [-0.05, 0) is 18.6 Å². The van der Waals surface area contributed by atoms with Gasteiger partial charge >= 0.3 is 0 Å². The number of hydrogen-bond donors (Lipinski definition) is 2. The molecule has 0 bridgehead atoms. The zero-order valence-corrected chi connectivity index (χ0v) is 13.9. The normalized spacial score (nSPS) is 18.2. The van der Waals surface area contributed by atoms with Crippen molar-refractivity contribution in [3.63, 3.8) is 0 Å². The minimum atomic E-state index is -3.63. The first-order valence-electron chi connectivity index (χ1n) is 7.16.